The second kappa shape index (κ2) is 3.33. The van der Waals surface area contributed by atoms with Gasteiger partial charge in [0.05, 0.1) is 6.54 Å². The Kier molecular flexibility index (Phi) is 2.15. The van der Waals surface area contributed by atoms with Crippen molar-refractivity contribution in [2.45, 2.75) is 18.9 Å². The summed E-state index contributed by atoms with van der Waals surface area (Å²) in [6.45, 7) is 2.58. The molecule has 1 aromatic carbocycles. The minimum atomic E-state index is -0.460. The van der Waals surface area contributed by atoms with Crippen LogP contribution >= 0.6 is 0 Å². The van der Waals surface area contributed by atoms with E-state index in [4.69, 9.17) is 4.74 Å². The molecule has 0 saturated carbocycles. The minimum Gasteiger partial charge on any atom is -0.436 e. The van der Waals surface area contributed by atoms with Gasteiger partial charge in [-0.3, -0.25) is 0 Å². The van der Waals surface area contributed by atoms with Crippen molar-refractivity contribution in [2.75, 3.05) is 6.54 Å². The molecule has 1 amide bonds. The van der Waals surface area contributed by atoms with Crippen molar-refractivity contribution < 1.29 is 9.53 Å². The van der Waals surface area contributed by atoms with Gasteiger partial charge in [-0.2, -0.15) is 0 Å². The zero-order valence-corrected chi connectivity index (χ0v) is 8.12. The zero-order valence-electron chi connectivity index (χ0n) is 8.12. The van der Waals surface area contributed by atoms with Gasteiger partial charge in [0.2, 0.25) is 0 Å². The van der Waals surface area contributed by atoms with Crippen molar-refractivity contribution in [3.63, 3.8) is 0 Å². The van der Waals surface area contributed by atoms with Crippen LogP contribution in [0.5, 0.6) is 0 Å². The molecule has 1 aliphatic rings. The molecular weight excluding hydrogens is 178 g/mol. The lowest BCUT2D eigenvalue weighted by Crippen LogP contribution is -2.29. The lowest BCUT2D eigenvalue weighted by molar-refractivity contribution is 0.0511. The Balaban J connectivity index is 2.34. The summed E-state index contributed by atoms with van der Waals surface area (Å²) in [7, 11) is 0. The Bertz CT molecular complexity index is 336. The largest absolute Gasteiger partial charge is 0.436 e. The molecule has 0 aliphatic carbocycles. The molecular formula is C11H13NO2. The number of benzene rings is 1. The van der Waals surface area contributed by atoms with Gasteiger partial charge < -0.3 is 10.1 Å². The number of ether oxygens (including phenoxy) is 1. The molecule has 1 N–H and O–H groups in total. The first-order valence-electron chi connectivity index (χ1n) is 4.79. The summed E-state index contributed by atoms with van der Waals surface area (Å²) in [4.78, 5) is 11.1. The van der Waals surface area contributed by atoms with Crippen molar-refractivity contribution in [1.29, 1.82) is 0 Å². The van der Waals surface area contributed by atoms with E-state index in [1.807, 2.05) is 37.3 Å². The Morgan fingerprint density at radius 2 is 2.14 bits per heavy atom. The van der Waals surface area contributed by atoms with E-state index in [2.05, 4.69) is 5.32 Å². The van der Waals surface area contributed by atoms with Gasteiger partial charge in [0.1, 0.15) is 0 Å². The molecule has 74 valence electrons. The number of alkyl carbamates (subject to hydrolysis) is 1. The fourth-order valence-corrected chi connectivity index (χ4v) is 1.77. The minimum absolute atomic E-state index is 0.323. The third kappa shape index (κ3) is 1.35. The van der Waals surface area contributed by atoms with E-state index in [1.165, 1.54) is 0 Å². The summed E-state index contributed by atoms with van der Waals surface area (Å²) in [5.74, 6) is 0. The molecule has 2 rings (SSSR count). The molecule has 0 aromatic heterocycles. The Morgan fingerprint density at radius 1 is 1.43 bits per heavy atom. The van der Waals surface area contributed by atoms with E-state index in [1.54, 1.807) is 0 Å². The molecule has 1 heterocycles. The summed E-state index contributed by atoms with van der Waals surface area (Å²) < 4.78 is 5.33. The monoisotopic (exact) mass is 191 g/mol. The van der Waals surface area contributed by atoms with Gasteiger partial charge in [0.25, 0.3) is 0 Å². The van der Waals surface area contributed by atoms with Crippen LogP contribution in [0, 0.1) is 0 Å². The fourth-order valence-electron chi connectivity index (χ4n) is 1.77. The van der Waals surface area contributed by atoms with Gasteiger partial charge in [0, 0.05) is 0 Å². The maximum Gasteiger partial charge on any atom is 0.408 e. The van der Waals surface area contributed by atoms with Gasteiger partial charge in [0.15, 0.2) is 5.60 Å². The predicted octanol–water partition coefficient (Wildman–Crippen LogP) is 2.03. The van der Waals surface area contributed by atoms with E-state index >= 15 is 0 Å². The SMILES string of the molecule is CCC1(c2ccccc2)CNC(=O)O1. The molecule has 1 fully saturated rings. The molecule has 1 unspecified atom stereocenters. The molecule has 3 nitrogen and oxygen atoms in total. The van der Waals surface area contributed by atoms with Crippen LogP contribution in [0.25, 0.3) is 0 Å². The van der Waals surface area contributed by atoms with Crippen molar-refractivity contribution in [1.82, 2.24) is 5.32 Å². The number of carbonyl (C=O) groups excluding carboxylic acids is 1. The van der Waals surface area contributed by atoms with Gasteiger partial charge in [-0.25, -0.2) is 4.79 Å². The molecule has 1 saturated heterocycles. The van der Waals surface area contributed by atoms with E-state index in [9.17, 15) is 4.79 Å². The summed E-state index contributed by atoms with van der Waals surface area (Å²) in [5, 5.41) is 2.70. The number of nitrogens with one attached hydrogen (secondary N) is 1. The van der Waals surface area contributed by atoms with Crippen molar-refractivity contribution in [2.24, 2.45) is 0 Å². The Labute approximate surface area is 83.1 Å². The Morgan fingerprint density at radius 3 is 2.64 bits per heavy atom. The first-order valence-corrected chi connectivity index (χ1v) is 4.79. The van der Waals surface area contributed by atoms with Crippen LogP contribution in [-0.2, 0) is 10.3 Å². The third-order valence-electron chi connectivity index (χ3n) is 2.68. The second-order valence-electron chi connectivity index (χ2n) is 3.46. The van der Waals surface area contributed by atoms with Crippen LogP contribution in [0.1, 0.15) is 18.9 Å². The van der Waals surface area contributed by atoms with Gasteiger partial charge in [-0.05, 0) is 12.0 Å². The molecule has 0 bridgehead atoms. The molecule has 1 aromatic rings. The quantitative estimate of drug-likeness (QED) is 0.776. The van der Waals surface area contributed by atoms with Crippen LogP contribution in [0.2, 0.25) is 0 Å². The van der Waals surface area contributed by atoms with Crippen LogP contribution in [0.15, 0.2) is 30.3 Å². The molecule has 14 heavy (non-hydrogen) atoms. The van der Waals surface area contributed by atoms with Gasteiger partial charge >= 0.3 is 6.09 Å². The molecule has 1 aliphatic heterocycles. The molecule has 3 heteroatoms. The normalized spacial score (nSPS) is 25.6. The first kappa shape index (κ1) is 9.06. The first-order chi connectivity index (χ1) is 6.77. The van der Waals surface area contributed by atoms with E-state index in [0.29, 0.717) is 6.54 Å². The number of hydrogen-bond donors (Lipinski definition) is 1. The summed E-state index contributed by atoms with van der Waals surface area (Å²) in [6, 6.07) is 9.85. The second-order valence-corrected chi connectivity index (χ2v) is 3.46. The van der Waals surface area contributed by atoms with Crippen LogP contribution in [0.4, 0.5) is 4.79 Å². The summed E-state index contributed by atoms with van der Waals surface area (Å²) in [5.41, 5.74) is 0.596. The number of carbonyl (C=O) groups is 1. The molecule has 0 spiro atoms. The smallest absolute Gasteiger partial charge is 0.408 e. The van der Waals surface area contributed by atoms with Crippen molar-refractivity contribution in [3.8, 4) is 0 Å². The van der Waals surface area contributed by atoms with Gasteiger partial charge in [-0.15, -0.1) is 0 Å². The molecule has 0 radical (unpaired) electrons. The number of rotatable bonds is 2. The van der Waals surface area contributed by atoms with Crippen LogP contribution < -0.4 is 5.32 Å². The topological polar surface area (TPSA) is 38.3 Å². The lowest BCUT2D eigenvalue weighted by atomic mass is 9.91. The summed E-state index contributed by atoms with van der Waals surface area (Å²) in [6.07, 6.45) is 0.464. The van der Waals surface area contributed by atoms with Crippen molar-refractivity contribution in [3.05, 3.63) is 35.9 Å². The molecule has 1 atom stereocenters. The average molecular weight is 191 g/mol. The van der Waals surface area contributed by atoms with E-state index in [-0.39, 0.29) is 6.09 Å². The highest BCUT2D eigenvalue weighted by Crippen LogP contribution is 2.31. The predicted molar refractivity (Wildman–Crippen MR) is 52.9 cm³/mol. The maximum atomic E-state index is 11.1. The highest BCUT2D eigenvalue weighted by molar-refractivity contribution is 5.70. The average Bonchev–Trinajstić information content (AvgIpc) is 2.63. The highest BCUT2D eigenvalue weighted by Gasteiger charge is 2.40. The Hall–Kier alpha value is -1.51. The number of amides is 1. The number of hydrogen-bond acceptors (Lipinski definition) is 2. The lowest BCUT2D eigenvalue weighted by Gasteiger charge is -2.24. The van der Waals surface area contributed by atoms with Gasteiger partial charge in [-0.1, -0.05) is 37.3 Å². The van der Waals surface area contributed by atoms with E-state index in [0.717, 1.165) is 12.0 Å². The number of cyclic esters (lactones) is 1. The standard InChI is InChI=1S/C11H13NO2/c1-2-11(8-12-10(13)14-11)9-6-4-3-5-7-9/h3-7H,2,8H2,1H3,(H,12,13). The maximum absolute atomic E-state index is 11.1. The van der Waals surface area contributed by atoms with E-state index < -0.39 is 5.60 Å². The fraction of sp³-hybridized carbons (Fsp3) is 0.364. The third-order valence-corrected chi connectivity index (χ3v) is 2.68. The van der Waals surface area contributed by atoms with Crippen LogP contribution in [0.3, 0.4) is 0 Å². The van der Waals surface area contributed by atoms with Crippen molar-refractivity contribution >= 4 is 6.09 Å². The highest BCUT2D eigenvalue weighted by atomic mass is 16.6. The van der Waals surface area contributed by atoms with Crippen LogP contribution in [-0.4, -0.2) is 12.6 Å². The zero-order chi connectivity index (χ0) is 10.0. The summed E-state index contributed by atoms with van der Waals surface area (Å²) >= 11 is 0.